The molecule has 4 heteroatoms. The molecule has 0 saturated carbocycles. The molecule has 0 aliphatic carbocycles. The van der Waals surface area contributed by atoms with Crippen LogP contribution >= 0.6 is 0 Å². The van der Waals surface area contributed by atoms with Crippen molar-refractivity contribution in [3.63, 3.8) is 0 Å². The average molecular weight is 279 g/mol. The quantitative estimate of drug-likeness (QED) is 0.767. The standard InChI is InChI=1S/C16H25NO3/c1-3-14(2)20-16-6-4-15(5-7-16)19-13-10-17-8-11-18-12-9-17/h4-7,14H,3,8-13H2,1-2H3/t14-/m0/s1. The molecule has 1 aromatic rings. The van der Waals surface area contributed by atoms with Crippen LogP contribution in [0.3, 0.4) is 0 Å². The predicted molar refractivity (Wildman–Crippen MR) is 79.6 cm³/mol. The zero-order chi connectivity index (χ0) is 14.2. The molecule has 20 heavy (non-hydrogen) atoms. The first-order chi connectivity index (χ1) is 9.78. The molecule has 1 heterocycles. The van der Waals surface area contributed by atoms with E-state index in [2.05, 4.69) is 18.7 Å². The third-order valence-electron chi connectivity index (χ3n) is 3.52. The summed E-state index contributed by atoms with van der Waals surface area (Å²) in [4.78, 5) is 2.36. The first kappa shape index (κ1) is 15.1. The van der Waals surface area contributed by atoms with Gasteiger partial charge in [-0.1, -0.05) is 6.92 Å². The number of morpholine rings is 1. The molecule has 0 radical (unpaired) electrons. The third-order valence-corrected chi connectivity index (χ3v) is 3.52. The highest BCUT2D eigenvalue weighted by molar-refractivity contribution is 5.31. The van der Waals surface area contributed by atoms with Crippen molar-refractivity contribution >= 4 is 0 Å². The molecule has 1 fully saturated rings. The molecule has 2 rings (SSSR count). The van der Waals surface area contributed by atoms with Crippen LogP contribution in [0.4, 0.5) is 0 Å². The Bertz CT molecular complexity index is 374. The fourth-order valence-corrected chi connectivity index (χ4v) is 2.05. The minimum absolute atomic E-state index is 0.253. The number of hydrogen-bond donors (Lipinski definition) is 0. The fraction of sp³-hybridized carbons (Fsp3) is 0.625. The largest absolute Gasteiger partial charge is 0.492 e. The van der Waals surface area contributed by atoms with Gasteiger partial charge in [0.2, 0.25) is 0 Å². The van der Waals surface area contributed by atoms with Crippen molar-refractivity contribution in [3.05, 3.63) is 24.3 Å². The number of rotatable bonds is 7. The Morgan fingerprint density at radius 3 is 2.45 bits per heavy atom. The zero-order valence-corrected chi connectivity index (χ0v) is 12.5. The number of ether oxygens (including phenoxy) is 3. The van der Waals surface area contributed by atoms with Gasteiger partial charge in [-0.2, -0.15) is 0 Å². The van der Waals surface area contributed by atoms with Crippen LogP contribution in [-0.2, 0) is 4.74 Å². The van der Waals surface area contributed by atoms with Gasteiger partial charge >= 0.3 is 0 Å². The molecule has 0 unspecified atom stereocenters. The molecule has 112 valence electrons. The Balaban J connectivity index is 1.70. The van der Waals surface area contributed by atoms with Crippen LogP contribution in [0.1, 0.15) is 20.3 Å². The summed E-state index contributed by atoms with van der Waals surface area (Å²) in [6, 6.07) is 7.88. The van der Waals surface area contributed by atoms with Gasteiger partial charge in [0.15, 0.2) is 0 Å². The van der Waals surface area contributed by atoms with E-state index in [1.165, 1.54) is 0 Å². The summed E-state index contributed by atoms with van der Waals surface area (Å²) >= 11 is 0. The molecule has 1 aliphatic rings. The highest BCUT2D eigenvalue weighted by atomic mass is 16.5. The van der Waals surface area contributed by atoms with Crippen LogP contribution < -0.4 is 9.47 Å². The third kappa shape index (κ3) is 5.02. The minimum atomic E-state index is 0.253. The fourth-order valence-electron chi connectivity index (χ4n) is 2.05. The Morgan fingerprint density at radius 2 is 1.80 bits per heavy atom. The van der Waals surface area contributed by atoms with E-state index in [1.807, 2.05) is 24.3 Å². The number of benzene rings is 1. The molecule has 0 spiro atoms. The topological polar surface area (TPSA) is 30.9 Å². The molecular formula is C16H25NO3. The molecule has 1 aliphatic heterocycles. The summed E-state index contributed by atoms with van der Waals surface area (Å²) in [5, 5.41) is 0. The minimum Gasteiger partial charge on any atom is -0.492 e. The van der Waals surface area contributed by atoms with Crippen molar-refractivity contribution in [3.8, 4) is 11.5 Å². The van der Waals surface area contributed by atoms with E-state index in [9.17, 15) is 0 Å². The molecule has 1 atom stereocenters. The summed E-state index contributed by atoms with van der Waals surface area (Å²) in [6.45, 7) is 9.54. The summed E-state index contributed by atoms with van der Waals surface area (Å²) in [5.41, 5.74) is 0. The Labute approximate surface area is 121 Å². The molecular weight excluding hydrogens is 254 g/mol. The predicted octanol–water partition coefficient (Wildman–Crippen LogP) is 2.57. The molecule has 0 amide bonds. The molecule has 4 nitrogen and oxygen atoms in total. The maximum atomic E-state index is 5.76. The highest BCUT2D eigenvalue weighted by Crippen LogP contribution is 2.19. The molecule has 0 aromatic heterocycles. The summed E-state index contributed by atoms with van der Waals surface area (Å²) in [7, 11) is 0. The monoisotopic (exact) mass is 279 g/mol. The first-order valence-electron chi connectivity index (χ1n) is 7.47. The summed E-state index contributed by atoms with van der Waals surface area (Å²) < 4.78 is 16.8. The van der Waals surface area contributed by atoms with E-state index in [-0.39, 0.29) is 6.10 Å². The SMILES string of the molecule is CC[C@H](C)Oc1ccc(OCCN2CCOCC2)cc1. The van der Waals surface area contributed by atoms with Crippen molar-refractivity contribution in [1.29, 1.82) is 0 Å². The maximum absolute atomic E-state index is 5.76. The second kappa shape index (κ2) is 8.12. The Morgan fingerprint density at radius 1 is 1.15 bits per heavy atom. The van der Waals surface area contributed by atoms with Gasteiger partial charge in [-0.3, -0.25) is 4.90 Å². The van der Waals surface area contributed by atoms with Gasteiger partial charge in [0, 0.05) is 19.6 Å². The van der Waals surface area contributed by atoms with Crippen molar-refractivity contribution in [1.82, 2.24) is 4.90 Å². The van der Waals surface area contributed by atoms with Gasteiger partial charge < -0.3 is 14.2 Å². The smallest absolute Gasteiger partial charge is 0.119 e. The number of hydrogen-bond acceptors (Lipinski definition) is 4. The first-order valence-corrected chi connectivity index (χ1v) is 7.47. The Kier molecular flexibility index (Phi) is 6.15. The van der Waals surface area contributed by atoms with E-state index < -0.39 is 0 Å². The molecule has 0 N–H and O–H groups in total. The van der Waals surface area contributed by atoms with Crippen molar-refractivity contribution in [2.75, 3.05) is 39.5 Å². The van der Waals surface area contributed by atoms with Gasteiger partial charge in [-0.25, -0.2) is 0 Å². The lowest BCUT2D eigenvalue weighted by Crippen LogP contribution is -2.38. The van der Waals surface area contributed by atoms with Gasteiger partial charge in [0.25, 0.3) is 0 Å². The van der Waals surface area contributed by atoms with Crippen LogP contribution in [-0.4, -0.2) is 50.5 Å². The van der Waals surface area contributed by atoms with Crippen molar-refractivity contribution in [2.45, 2.75) is 26.4 Å². The van der Waals surface area contributed by atoms with Gasteiger partial charge in [0.05, 0.1) is 19.3 Å². The lowest BCUT2D eigenvalue weighted by molar-refractivity contribution is 0.0322. The van der Waals surface area contributed by atoms with E-state index in [4.69, 9.17) is 14.2 Å². The Hall–Kier alpha value is -1.26. The summed E-state index contributed by atoms with van der Waals surface area (Å²) in [6.07, 6.45) is 1.26. The molecule has 1 saturated heterocycles. The average Bonchev–Trinajstić information content (AvgIpc) is 2.50. The van der Waals surface area contributed by atoms with Crippen molar-refractivity contribution in [2.24, 2.45) is 0 Å². The second-order valence-electron chi connectivity index (χ2n) is 5.11. The van der Waals surface area contributed by atoms with Crippen LogP contribution in [0.25, 0.3) is 0 Å². The lowest BCUT2D eigenvalue weighted by Gasteiger charge is -2.26. The second-order valence-corrected chi connectivity index (χ2v) is 5.11. The van der Waals surface area contributed by atoms with Gasteiger partial charge in [-0.05, 0) is 37.6 Å². The van der Waals surface area contributed by atoms with Crippen LogP contribution in [0.5, 0.6) is 11.5 Å². The summed E-state index contributed by atoms with van der Waals surface area (Å²) in [5.74, 6) is 1.80. The maximum Gasteiger partial charge on any atom is 0.119 e. The van der Waals surface area contributed by atoms with Crippen LogP contribution in [0, 0.1) is 0 Å². The van der Waals surface area contributed by atoms with E-state index >= 15 is 0 Å². The molecule has 0 bridgehead atoms. The van der Waals surface area contributed by atoms with E-state index in [0.717, 1.165) is 50.8 Å². The normalized spacial score (nSPS) is 17.7. The van der Waals surface area contributed by atoms with E-state index in [0.29, 0.717) is 6.61 Å². The van der Waals surface area contributed by atoms with Gasteiger partial charge in [-0.15, -0.1) is 0 Å². The molecule has 1 aromatic carbocycles. The number of nitrogens with zero attached hydrogens (tertiary/aromatic N) is 1. The highest BCUT2D eigenvalue weighted by Gasteiger charge is 2.09. The zero-order valence-electron chi connectivity index (χ0n) is 12.5. The van der Waals surface area contributed by atoms with Gasteiger partial charge in [0.1, 0.15) is 18.1 Å². The van der Waals surface area contributed by atoms with E-state index in [1.54, 1.807) is 0 Å². The van der Waals surface area contributed by atoms with Crippen molar-refractivity contribution < 1.29 is 14.2 Å². The van der Waals surface area contributed by atoms with Crippen LogP contribution in [0.15, 0.2) is 24.3 Å². The van der Waals surface area contributed by atoms with Crippen LogP contribution in [0.2, 0.25) is 0 Å². The lowest BCUT2D eigenvalue weighted by atomic mass is 10.3.